The SMILES string of the molecule is Cc1cccc(C)c1N1Cc2ccccc2N(c2cc3ccccc3c3ccccc23)C1. The van der Waals surface area contributed by atoms with Crippen molar-refractivity contribution in [3.63, 3.8) is 0 Å². The minimum atomic E-state index is 0.824. The van der Waals surface area contributed by atoms with E-state index in [4.69, 9.17) is 0 Å². The van der Waals surface area contributed by atoms with Gasteiger partial charge >= 0.3 is 0 Å². The molecule has 2 heteroatoms. The van der Waals surface area contributed by atoms with Crippen molar-refractivity contribution >= 4 is 38.6 Å². The molecule has 156 valence electrons. The molecule has 0 saturated heterocycles. The molecule has 0 saturated carbocycles. The molecule has 0 atom stereocenters. The highest BCUT2D eigenvalue weighted by atomic mass is 15.3. The molecule has 5 aromatic rings. The van der Waals surface area contributed by atoms with Crippen molar-refractivity contribution in [2.24, 2.45) is 0 Å². The zero-order valence-electron chi connectivity index (χ0n) is 18.5. The van der Waals surface area contributed by atoms with Crippen molar-refractivity contribution in [3.8, 4) is 0 Å². The van der Waals surface area contributed by atoms with E-state index in [9.17, 15) is 0 Å². The zero-order valence-corrected chi connectivity index (χ0v) is 18.5. The molecule has 1 aliphatic rings. The number of anilines is 3. The second-order valence-electron chi connectivity index (χ2n) is 8.80. The first-order valence-corrected chi connectivity index (χ1v) is 11.3. The molecule has 0 spiro atoms. The molecule has 0 bridgehead atoms. The number of nitrogens with zero attached hydrogens (tertiary/aromatic N) is 2. The van der Waals surface area contributed by atoms with Crippen molar-refractivity contribution in [3.05, 3.63) is 114 Å². The Morgan fingerprint density at radius 2 is 1.25 bits per heavy atom. The molecule has 0 N–H and O–H groups in total. The van der Waals surface area contributed by atoms with E-state index in [1.165, 1.54) is 55.3 Å². The van der Waals surface area contributed by atoms with Gasteiger partial charge in [-0.1, -0.05) is 84.9 Å². The van der Waals surface area contributed by atoms with Gasteiger partial charge in [-0.25, -0.2) is 0 Å². The van der Waals surface area contributed by atoms with E-state index in [0.717, 1.165) is 13.2 Å². The lowest BCUT2D eigenvalue weighted by atomic mass is 9.98. The monoisotopic (exact) mass is 414 g/mol. The van der Waals surface area contributed by atoms with Crippen LogP contribution in [0, 0.1) is 13.8 Å². The highest BCUT2D eigenvalue weighted by Gasteiger charge is 2.26. The molecule has 5 aromatic carbocycles. The minimum absolute atomic E-state index is 0.824. The summed E-state index contributed by atoms with van der Waals surface area (Å²) >= 11 is 0. The van der Waals surface area contributed by atoms with E-state index >= 15 is 0 Å². The van der Waals surface area contributed by atoms with Crippen LogP contribution in [0.5, 0.6) is 0 Å². The van der Waals surface area contributed by atoms with Gasteiger partial charge in [-0.2, -0.15) is 0 Å². The molecular formula is C30H26N2. The Hall–Kier alpha value is -3.78. The lowest BCUT2D eigenvalue weighted by Crippen LogP contribution is -2.40. The first-order valence-electron chi connectivity index (χ1n) is 11.3. The third-order valence-electron chi connectivity index (χ3n) is 6.75. The molecular weight excluding hydrogens is 388 g/mol. The lowest BCUT2D eigenvalue weighted by Gasteiger charge is -2.41. The number of fused-ring (bicyclic) bond motifs is 4. The van der Waals surface area contributed by atoms with Crippen LogP contribution in [0.15, 0.2) is 97.1 Å². The van der Waals surface area contributed by atoms with E-state index in [0.29, 0.717) is 0 Å². The molecule has 0 aliphatic carbocycles. The van der Waals surface area contributed by atoms with Gasteiger partial charge in [-0.05, 0) is 58.8 Å². The van der Waals surface area contributed by atoms with Gasteiger partial charge in [-0.15, -0.1) is 0 Å². The van der Waals surface area contributed by atoms with Gasteiger partial charge in [0.2, 0.25) is 0 Å². The molecule has 0 unspecified atom stereocenters. The molecule has 1 heterocycles. The summed E-state index contributed by atoms with van der Waals surface area (Å²) in [4.78, 5) is 5.02. The number of hydrogen-bond acceptors (Lipinski definition) is 2. The standard InChI is InChI=1S/C30H26N2/c1-21-10-9-11-22(2)30(21)31-19-24-13-4-8-17-28(24)32(20-31)29-18-23-12-3-5-14-25(23)26-15-6-7-16-27(26)29/h3-18H,19-20H2,1-2H3. The van der Waals surface area contributed by atoms with Crippen LogP contribution in [0.1, 0.15) is 16.7 Å². The molecule has 0 radical (unpaired) electrons. The lowest BCUT2D eigenvalue weighted by molar-refractivity contribution is 0.749. The molecule has 0 aromatic heterocycles. The summed E-state index contributed by atoms with van der Waals surface area (Å²) < 4.78 is 0. The predicted molar refractivity (Wildman–Crippen MR) is 137 cm³/mol. The number of para-hydroxylation sites is 2. The van der Waals surface area contributed by atoms with Gasteiger partial charge in [0.25, 0.3) is 0 Å². The summed E-state index contributed by atoms with van der Waals surface area (Å²) in [6.07, 6.45) is 0. The fraction of sp³-hybridized carbons (Fsp3) is 0.133. The Bertz CT molecular complexity index is 1450. The van der Waals surface area contributed by atoms with Gasteiger partial charge < -0.3 is 9.80 Å². The first-order chi connectivity index (χ1) is 15.7. The van der Waals surface area contributed by atoms with E-state index in [1.54, 1.807) is 0 Å². The minimum Gasteiger partial charge on any atom is -0.349 e. The maximum atomic E-state index is 2.52. The summed E-state index contributed by atoms with van der Waals surface area (Å²) in [6, 6.07) is 35.3. The van der Waals surface area contributed by atoms with Crippen molar-refractivity contribution < 1.29 is 0 Å². The van der Waals surface area contributed by atoms with Gasteiger partial charge in [0.15, 0.2) is 0 Å². The average molecular weight is 415 g/mol. The van der Waals surface area contributed by atoms with Gasteiger partial charge in [-0.3, -0.25) is 0 Å². The molecule has 0 amide bonds. The van der Waals surface area contributed by atoms with Crippen LogP contribution >= 0.6 is 0 Å². The highest BCUT2D eigenvalue weighted by Crippen LogP contribution is 2.42. The van der Waals surface area contributed by atoms with Crippen LogP contribution in [0.25, 0.3) is 21.5 Å². The Balaban J connectivity index is 1.60. The second-order valence-corrected chi connectivity index (χ2v) is 8.80. The summed E-state index contributed by atoms with van der Waals surface area (Å²) in [5, 5.41) is 5.19. The molecule has 1 aliphatic heterocycles. The Labute approximate surface area is 189 Å². The molecule has 2 nitrogen and oxygen atoms in total. The van der Waals surface area contributed by atoms with Crippen LogP contribution in [0.3, 0.4) is 0 Å². The van der Waals surface area contributed by atoms with Gasteiger partial charge in [0.1, 0.15) is 0 Å². The van der Waals surface area contributed by atoms with E-state index in [-0.39, 0.29) is 0 Å². The number of benzene rings is 5. The summed E-state index contributed by atoms with van der Waals surface area (Å²) in [7, 11) is 0. The zero-order chi connectivity index (χ0) is 21.7. The van der Waals surface area contributed by atoms with Crippen molar-refractivity contribution in [1.82, 2.24) is 0 Å². The summed E-state index contributed by atoms with van der Waals surface area (Å²) in [5.41, 5.74) is 7.93. The molecule has 6 rings (SSSR count). The topological polar surface area (TPSA) is 6.48 Å². The predicted octanol–water partition coefficient (Wildman–Crippen LogP) is 7.73. The number of aryl methyl sites for hydroxylation is 2. The van der Waals surface area contributed by atoms with Gasteiger partial charge in [0.05, 0.1) is 12.4 Å². The van der Waals surface area contributed by atoms with Crippen LogP contribution < -0.4 is 9.80 Å². The first kappa shape index (κ1) is 18.9. The molecule has 0 fully saturated rings. The summed E-state index contributed by atoms with van der Waals surface area (Å²) in [6.45, 7) is 6.19. The van der Waals surface area contributed by atoms with E-state index in [1.807, 2.05) is 0 Å². The van der Waals surface area contributed by atoms with Crippen LogP contribution in [0.4, 0.5) is 17.1 Å². The Morgan fingerprint density at radius 1 is 0.594 bits per heavy atom. The van der Waals surface area contributed by atoms with Crippen LogP contribution in [0.2, 0.25) is 0 Å². The third-order valence-corrected chi connectivity index (χ3v) is 6.75. The van der Waals surface area contributed by atoms with Crippen LogP contribution in [-0.2, 0) is 6.54 Å². The fourth-order valence-electron chi connectivity index (χ4n) is 5.33. The fourth-order valence-corrected chi connectivity index (χ4v) is 5.33. The van der Waals surface area contributed by atoms with Crippen LogP contribution in [-0.4, -0.2) is 6.67 Å². The number of hydrogen-bond donors (Lipinski definition) is 0. The average Bonchev–Trinajstić information content (AvgIpc) is 2.83. The van der Waals surface area contributed by atoms with E-state index < -0.39 is 0 Å². The maximum absolute atomic E-state index is 2.52. The highest BCUT2D eigenvalue weighted by molar-refractivity contribution is 6.13. The van der Waals surface area contributed by atoms with E-state index in [2.05, 4.69) is 121 Å². The van der Waals surface area contributed by atoms with Crippen molar-refractivity contribution in [2.75, 3.05) is 16.5 Å². The summed E-state index contributed by atoms with van der Waals surface area (Å²) in [5.74, 6) is 0. The maximum Gasteiger partial charge on any atom is 0.0955 e. The Morgan fingerprint density at radius 3 is 2.06 bits per heavy atom. The normalized spacial score (nSPS) is 13.6. The van der Waals surface area contributed by atoms with Gasteiger partial charge in [0, 0.05) is 23.3 Å². The largest absolute Gasteiger partial charge is 0.349 e. The second kappa shape index (κ2) is 7.42. The molecule has 32 heavy (non-hydrogen) atoms. The smallest absolute Gasteiger partial charge is 0.0955 e. The number of rotatable bonds is 2. The Kier molecular flexibility index (Phi) is 4.39. The third kappa shape index (κ3) is 2.95. The van der Waals surface area contributed by atoms with Crippen molar-refractivity contribution in [2.45, 2.75) is 20.4 Å². The quantitative estimate of drug-likeness (QED) is 0.273. The van der Waals surface area contributed by atoms with Crippen molar-refractivity contribution in [1.29, 1.82) is 0 Å².